The zero-order valence-corrected chi connectivity index (χ0v) is 10.3. The van der Waals surface area contributed by atoms with Gasteiger partial charge in [-0.05, 0) is 35.5 Å². The molecule has 0 bridgehead atoms. The molecule has 0 heterocycles. The molecule has 1 rings (SSSR count). The van der Waals surface area contributed by atoms with Crippen LogP contribution < -0.4 is 0 Å². The molecular weight excluding hydrogens is 156 g/mol. The van der Waals surface area contributed by atoms with Gasteiger partial charge in [0.2, 0.25) is 0 Å². The molecule has 0 aromatic carbocycles. The maximum Gasteiger partial charge on any atom is -0.0243 e. The molecule has 1 fully saturated rings. The van der Waals surface area contributed by atoms with Crippen molar-refractivity contribution in [3.05, 3.63) is 0 Å². The van der Waals surface area contributed by atoms with Crippen LogP contribution in [-0.4, -0.2) is 0 Å². The van der Waals surface area contributed by atoms with E-state index in [0.717, 1.165) is 0 Å². The fourth-order valence-corrected chi connectivity index (χ4v) is 2.73. The van der Waals surface area contributed by atoms with E-state index in [1.165, 1.54) is 25.7 Å². The maximum atomic E-state index is 2.48. The van der Waals surface area contributed by atoms with E-state index in [-0.39, 0.29) is 0 Å². The monoisotopic (exact) mass is 182 g/mol. The van der Waals surface area contributed by atoms with Gasteiger partial charge in [0.25, 0.3) is 0 Å². The molecule has 0 amide bonds. The van der Waals surface area contributed by atoms with Gasteiger partial charge in [-0.2, -0.15) is 0 Å². The Kier molecular flexibility index (Phi) is 2.56. The molecule has 1 saturated carbocycles. The smallest absolute Gasteiger partial charge is 0.0243 e. The van der Waals surface area contributed by atoms with Crippen LogP contribution in [0.4, 0.5) is 0 Å². The third-order valence-electron chi connectivity index (χ3n) is 5.43. The Labute approximate surface area is 84.1 Å². The molecule has 0 aromatic heterocycles. The third-order valence-corrected chi connectivity index (χ3v) is 5.43. The van der Waals surface area contributed by atoms with Gasteiger partial charge in [0.15, 0.2) is 0 Å². The molecule has 0 saturated heterocycles. The zero-order chi connectivity index (χ0) is 10.3. The van der Waals surface area contributed by atoms with Crippen molar-refractivity contribution in [2.75, 3.05) is 0 Å². The van der Waals surface area contributed by atoms with Crippen LogP contribution in [-0.2, 0) is 0 Å². The topological polar surface area (TPSA) is 0 Å². The van der Waals surface area contributed by atoms with Crippen molar-refractivity contribution in [1.29, 1.82) is 0 Å². The van der Waals surface area contributed by atoms with Crippen LogP contribution in [0.15, 0.2) is 0 Å². The van der Waals surface area contributed by atoms with Gasteiger partial charge in [0, 0.05) is 0 Å². The van der Waals surface area contributed by atoms with E-state index >= 15 is 0 Å². The summed E-state index contributed by atoms with van der Waals surface area (Å²) in [7, 11) is 0. The highest BCUT2D eigenvalue weighted by atomic mass is 14.6. The summed E-state index contributed by atoms with van der Waals surface area (Å²) in [6.45, 7) is 14.5. The fourth-order valence-electron chi connectivity index (χ4n) is 2.73. The van der Waals surface area contributed by atoms with Gasteiger partial charge in [0.05, 0.1) is 0 Å². The Morgan fingerprint density at radius 3 is 1.69 bits per heavy atom. The van der Waals surface area contributed by atoms with Crippen LogP contribution >= 0.6 is 0 Å². The van der Waals surface area contributed by atoms with E-state index in [1.807, 2.05) is 0 Å². The molecule has 13 heavy (non-hydrogen) atoms. The van der Waals surface area contributed by atoms with E-state index in [4.69, 9.17) is 0 Å². The van der Waals surface area contributed by atoms with Crippen molar-refractivity contribution in [3.63, 3.8) is 0 Å². The molecule has 1 aliphatic rings. The molecular formula is C13H26. The van der Waals surface area contributed by atoms with E-state index in [9.17, 15) is 0 Å². The van der Waals surface area contributed by atoms with Crippen molar-refractivity contribution in [1.82, 2.24) is 0 Å². The third kappa shape index (κ3) is 1.43. The lowest BCUT2D eigenvalue weighted by molar-refractivity contribution is 0.0166. The average Bonchev–Trinajstić information content (AvgIpc) is 2.84. The summed E-state index contributed by atoms with van der Waals surface area (Å²) in [6, 6.07) is 0. The van der Waals surface area contributed by atoms with Gasteiger partial charge >= 0.3 is 0 Å². The first kappa shape index (κ1) is 11.1. The number of hydrogen-bond acceptors (Lipinski definition) is 0. The van der Waals surface area contributed by atoms with Crippen LogP contribution in [0, 0.1) is 16.2 Å². The van der Waals surface area contributed by atoms with Crippen LogP contribution in [0.1, 0.15) is 67.2 Å². The Morgan fingerprint density at radius 2 is 1.46 bits per heavy atom. The highest BCUT2D eigenvalue weighted by molar-refractivity contribution is 5.07. The van der Waals surface area contributed by atoms with E-state index in [0.29, 0.717) is 16.2 Å². The summed E-state index contributed by atoms with van der Waals surface area (Å²) in [5.74, 6) is 0. The van der Waals surface area contributed by atoms with Crippen LogP contribution in [0.25, 0.3) is 0 Å². The van der Waals surface area contributed by atoms with Gasteiger partial charge in [-0.25, -0.2) is 0 Å². The Balaban J connectivity index is 2.87. The SMILES string of the molecule is CCC(C)(C)C(C)(C)C1(CC)CC1. The van der Waals surface area contributed by atoms with Crippen LogP contribution in [0.5, 0.6) is 0 Å². The first-order valence-corrected chi connectivity index (χ1v) is 5.83. The second-order valence-electron chi connectivity index (χ2n) is 6.00. The summed E-state index contributed by atoms with van der Waals surface area (Å²) < 4.78 is 0. The molecule has 0 aliphatic heterocycles. The highest BCUT2D eigenvalue weighted by Gasteiger charge is 2.57. The molecule has 0 atom stereocenters. The minimum atomic E-state index is 0.486. The predicted molar refractivity (Wildman–Crippen MR) is 59.8 cm³/mol. The second-order valence-corrected chi connectivity index (χ2v) is 6.00. The lowest BCUT2D eigenvalue weighted by atomic mass is 9.57. The van der Waals surface area contributed by atoms with Crippen LogP contribution in [0.2, 0.25) is 0 Å². The maximum absolute atomic E-state index is 2.48. The average molecular weight is 182 g/mol. The van der Waals surface area contributed by atoms with E-state index in [1.54, 1.807) is 0 Å². The fraction of sp³-hybridized carbons (Fsp3) is 1.00. The van der Waals surface area contributed by atoms with Crippen molar-refractivity contribution < 1.29 is 0 Å². The Bertz CT molecular complexity index is 174. The summed E-state index contributed by atoms with van der Waals surface area (Å²) >= 11 is 0. The molecule has 0 unspecified atom stereocenters. The van der Waals surface area contributed by atoms with Gasteiger partial charge in [-0.3, -0.25) is 0 Å². The molecule has 1 aliphatic carbocycles. The van der Waals surface area contributed by atoms with Crippen LogP contribution in [0.3, 0.4) is 0 Å². The Hall–Kier alpha value is 0. The predicted octanol–water partition coefficient (Wildman–Crippen LogP) is 4.64. The van der Waals surface area contributed by atoms with Crippen molar-refractivity contribution in [3.8, 4) is 0 Å². The molecule has 0 radical (unpaired) electrons. The minimum Gasteiger partial charge on any atom is -0.0649 e. The first-order chi connectivity index (χ1) is 5.83. The molecule has 78 valence electrons. The van der Waals surface area contributed by atoms with Gasteiger partial charge in [-0.15, -0.1) is 0 Å². The molecule has 0 heteroatoms. The first-order valence-electron chi connectivity index (χ1n) is 5.83. The van der Waals surface area contributed by atoms with Crippen molar-refractivity contribution >= 4 is 0 Å². The standard InChI is InChI=1S/C13H26/c1-7-11(3,4)12(5,6)13(8-2)9-10-13/h7-10H2,1-6H3. The summed E-state index contributed by atoms with van der Waals surface area (Å²) in [6.07, 6.45) is 5.57. The normalized spacial score (nSPS) is 21.7. The lowest BCUT2D eigenvalue weighted by Gasteiger charge is -2.47. The van der Waals surface area contributed by atoms with Crippen molar-refractivity contribution in [2.45, 2.75) is 67.2 Å². The van der Waals surface area contributed by atoms with Crippen molar-refractivity contribution in [2.24, 2.45) is 16.2 Å². The minimum absolute atomic E-state index is 0.486. The van der Waals surface area contributed by atoms with Gasteiger partial charge in [-0.1, -0.05) is 48.0 Å². The summed E-state index contributed by atoms with van der Waals surface area (Å²) in [5.41, 5.74) is 1.66. The van der Waals surface area contributed by atoms with E-state index in [2.05, 4.69) is 41.5 Å². The second kappa shape index (κ2) is 3.00. The highest BCUT2D eigenvalue weighted by Crippen LogP contribution is 2.67. The van der Waals surface area contributed by atoms with E-state index < -0.39 is 0 Å². The largest absolute Gasteiger partial charge is 0.0649 e. The molecule has 0 aromatic rings. The summed E-state index contributed by atoms with van der Waals surface area (Å²) in [5, 5.41) is 0. The number of rotatable bonds is 4. The molecule has 0 nitrogen and oxygen atoms in total. The quantitative estimate of drug-likeness (QED) is 0.594. The zero-order valence-electron chi connectivity index (χ0n) is 10.3. The van der Waals surface area contributed by atoms with Gasteiger partial charge in [0.1, 0.15) is 0 Å². The number of hydrogen-bond donors (Lipinski definition) is 0. The lowest BCUT2D eigenvalue weighted by Crippen LogP contribution is -2.39. The Morgan fingerprint density at radius 1 is 1.00 bits per heavy atom. The molecule has 0 spiro atoms. The summed E-state index contributed by atoms with van der Waals surface area (Å²) in [4.78, 5) is 0. The molecule has 0 N–H and O–H groups in total. The van der Waals surface area contributed by atoms with Gasteiger partial charge < -0.3 is 0 Å².